The average molecular weight is 434 g/mol. The van der Waals surface area contributed by atoms with Gasteiger partial charge < -0.3 is 14.4 Å². The minimum Gasteiger partial charge on any atom is -0.451 e. The smallest absolute Gasteiger partial charge is 0.289 e. The summed E-state index contributed by atoms with van der Waals surface area (Å²) in [5.41, 5.74) is 2.08. The maximum Gasteiger partial charge on any atom is 0.289 e. The van der Waals surface area contributed by atoms with Crippen molar-refractivity contribution in [2.75, 3.05) is 26.2 Å². The number of carbonyl (C=O) groups excluding carboxylic acids is 1. The van der Waals surface area contributed by atoms with Gasteiger partial charge in [0.05, 0.1) is 5.60 Å². The van der Waals surface area contributed by atoms with Crippen LogP contribution >= 0.6 is 0 Å². The molecule has 2 saturated heterocycles. The van der Waals surface area contributed by atoms with Crippen LogP contribution in [0.3, 0.4) is 0 Å². The Kier molecular flexibility index (Phi) is 5.74. The van der Waals surface area contributed by atoms with E-state index in [-0.39, 0.29) is 5.91 Å². The SMILES string of the molecule is Cc1c(C(=O)N2CCC(O)(CN3CCCCC3c3cccnc3)CC2)oc2ccccc12. The first-order valence-electron chi connectivity index (χ1n) is 11.7. The van der Waals surface area contributed by atoms with E-state index in [9.17, 15) is 9.90 Å². The van der Waals surface area contributed by atoms with Crippen LogP contribution in [0.5, 0.6) is 0 Å². The minimum absolute atomic E-state index is 0.0769. The quantitative estimate of drug-likeness (QED) is 0.663. The molecule has 4 heterocycles. The van der Waals surface area contributed by atoms with Crippen LogP contribution in [0.2, 0.25) is 0 Å². The predicted octanol–water partition coefficient (Wildman–Crippen LogP) is 4.33. The first-order valence-corrected chi connectivity index (χ1v) is 11.7. The van der Waals surface area contributed by atoms with Crippen LogP contribution in [-0.2, 0) is 0 Å². The van der Waals surface area contributed by atoms with Crippen LogP contribution in [0.25, 0.3) is 11.0 Å². The van der Waals surface area contributed by atoms with Gasteiger partial charge in [-0.25, -0.2) is 0 Å². The maximum atomic E-state index is 13.2. The molecule has 0 bridgehead atoms. The largest absolute Gasteiger partial charge is 0.451 e. The van der Waals surface area contributed by atoms with Crippen LogP contribution < -0.4 is 0 Å². The highest BCUT2D eigenvalue weighted by Gasteiger charge is 2.38. The van der Waals surface area contributed by atoms with Crippen LogP contribution in [0.15, 0.2) is 53.2 Å². The van der Waals surface area contributed by atoms with E-state index in [0.29, 0.717) is 44.3 Å². The molecule has 6 nitrogen and oxygen atoms in total. The number of pyridine rings is 1. The molecular weight excluding hydrogens is 402 g/mol. The molecule has 1 amide bonds. The Labute approximate surface area is 188 Å². The summed E-state index contributed by atoms with van der Waals surface area (Å²) in [7, 11) is 0. The Morgan fingerprint density at radius 2 is 1.97 bits per heavy atom. The molecule has 0 radical (unpaired) electrons. The summed E-state index contributed by atoms with van der Waals surface area (Å²) in [6.45, 7) is 4.64. The van der Waals surface area contributed by atoms with E-state index in [0.717, 1.165) is 35.9 Å². The molecule has 2 aliphatic heterocycles. The zero-order valence-electron chi connectivity index (χ0n) is 18.7. The average Bonchev–Trinajstić information content (AvgIpc) is 3.16. The van der Waals surface area contributed by atoms with E-state index in [1.807, 2.05) is 48.4 Å². The van der Waals surface area contributed by atoms with Gasteiger partial charge in [0, 0.05) is 49.0 Å². The lowest BCUT2D eigenvalue weighted by Crippen LogP contribution is -2.53. The fourth-order valence-corrected chi connectivity index (χ4v) is 5.31. The highest BCUT2D eigenvalue weighted by molar-refractivity contribution is 5.98. The molecular formula is C26H31N3O3. The number of nitrogens with zero attached hydrogens (tertiary/aromatic N) is 3. The third-order valence-electron chi connectivity index (χ3n) is 7.20. The Bertz CT molecular complexity index is 1090. The number of rotatable bonds is 4. The highest BCUT2D eigenvalue weighted by Crippen LogP contribution is 2.34. The van der Waals surface area contributed by atoms with Crippen molar-refractivity contribution in [2.45, 2.75) is 50.7 Å². The number of fused-ring (bicyclic) bond motifs is 1. The monoisotopic (exact) mass is 433 g/mol. The molecule has 1 N–H and O–H groups in total. The molecule has 0 saturated carbocycles. The van der Waals surface area contributed by atoms with Crippen LogP contribution in [0.4, 0.5) is 0 Å². The number of furan rings is 1. The van der Waals surface area contributed by atoms with Crippen molar-refractivity contribution in [3.8, 4) is 0 Å². The number of benzene rings is 1. The second-order valence-corrected chi connectivity index (χ2v) is 9.34. The van der Waals surface area contributed by atoms with Gasteiger partial charge in [0.1, 0.15) is 5.58 Å². The summed E-state index contributed by atoms with van der Waals surface area (Å²) in [4.78, 5) is 21.7. The zero-order chi connectivity index (χ0) is 22.1. The Morgan fingerprint density at radius 1 is 1.16 bits per heavy atom. The van der Waals surface area contributed by atoms with Gasteiger partial charge in [0.2, 0.25) is 0 Å². The van der Waals surface area contributed by atoms with E-state index in [4.69, 9.17) is 4.42 Å². The lowest BCUT2D eigenvalue weighted by atomic mass is 9.88. The lowest BCUT2D eigenvalue weighted by molar-refractivity contribution is -0.0543. The van der Waals surface area contributed by atoms with E-state index in [1.54, 1.807) is 6.20 Å². The van der Waals surface area contributed by atoms with Crippen molar-refractivity contribution in [1.29, 1.82) is 0 Å². The molecule has 168 valence electrons. The minimum atomic E-state index is -0.780. The number of hydrogen-bond donors (Lipinski definition) is 1. The van der Waals surface area contributed by atoms with Gasteiger partial charge in [-0.1, -0.05) is 30.7 Å². The number of amides is 1. The number of aliphatic hydroxyl groups is 1. The number of piperidine rings is 2. The molecule has 32 heavy (non-hydrogen) atoms. The van der Waals surface area contributed by atoms with Gasteiger partial charge in [0.25, 0.3) is 5.91 Å². The van der Waals surface area contributed by atoms with Crippen molar-refractivity contribution >= 4 is 16.9 Å². The molecule has 2 fully saturated rings. The Hall–Kier alpha value is -2.70. The number of hydrogen-bond acceptors (Lipinski definition) is 5. The third-order valence-corrected chi connectivity index (χ3v) is 7.20. The first kappa shape index (κ1) is 21.2. The predicted molar refractivity (Wildman–Crippen MR) is 123 cm³/mol. The van der Waals surface area contributed by atoms with Gasteiger partial charge in [-0.05, 0) is 56.8 Å². The molecule has 1 aromatic carbocycles. The standard InChI is InChI=1S/C26H31N3O3/c1-19-21-8-2-3-10-23(21)32-24(19)25(30)28-15-11-26(31,12-16-28)18-29-14-5-4-9-22(29)20-7-6-13-27-17-20/h2-3,6-8,10,13,17,22,31H,4-5,9,11-12,14-16,18H2,1H3. The van der Waals surface area contributed by atoms with Crippen molar-refractivity contribution in [1.82, 2.24) is 14.8 Å². The number of para-hydroxylation sites is 1. The van der Waals surface area contributed by atoms with Crippen LogP contribution in [-0.4, -0.2) is 57.6 Å². The van der Waals surface area contributed by atoms with Crippen molar-refractivity contribution < 1.29 is 14.3 Å². The molecule has 6 heteroatoms. The maximum absolute atomic E-state index is 13.2. The van der Waals surface area contributed by atoms with Crippen molar-refractivity contribution in [3.63, 3.8) is 0 Å². The van der Waals surface area contributed by atoms with Crippen LogP contribution in [0, 0.1) is 6.92 Å². The molecule has 1 unspecified atom stereocenters. The number of carbonyl (C=O) groups is 1. The van der Waals surface area contributed by atoms with Gasteiger partial charge >= 0.3 is 0 Å². The highest BCUT2D eigenvalue weighted by atomic mass is 16.3. The number of β-amino-alcohol motifs (C(OH)–C–C–N with tert-alkyl or cyclic N) is 1. The summed E-state index contributed by atoms with van der Waals surface area (Å²) in [5, 5.41) is 12.4. The van der Waals surface area contributed by atoms with Crippen molar-refractivity contribution in [3.05, 3.63) is 65.7 Å². The third kappa shape index (κ3) is 4.05. The summed E-state index contributed by atoms with van der Waals surface area (Å²) in [6.07, 6.45) is 8.36. The summed E-state index contributed by atoms with van der Waals surface area (Å²) in [6, 6.07) is 12.2. The number of likely N-dealkylation sites (tertiary alicyclic amines) is 2. The van der Waals surface area contributed by atoms with Crippen molar-refractivity contribution in [2.24, 2.45) is 0 Å². The second-order valence-electron chi connectivity index (χ2n) is 9.34. The van der Waals surface area contributed by atoms with E-state index in [2.05, 4.69) is 16.0 Å². The molecule has 5 rings (SSSR count). The number of aryl methyl sites for hydroxylation is 1. The normalized spacial score (nSPS) is 21.7. The summed E-state index contributed by atoms with van der Waals surface area (Å²) >= 11 is 0. The zero-order valence-corrected chi connectivity index (χ0v) is 18.7. The molecule has 3 aromatic rings. The fourth-order valence-electron chi connectivity index (χ4n) is 5.31. The van der Waals surface area contributed by atoms with E-state index >= 15 is 0 Å². The molecule has 2 aromatic heterocycles. The second kappa shape index (κ2) is 8.68. The van der Waals surface area contributed by atoms with Gasteiger partial charge in [-0.15, -0.1) is 0 Å². The molecule has 1 atom stereocenters. The van der Waals surface area contributed by atoms with E-state index in [1.165, 1.54) is 12.0 Å². The molecule has 0 aliphatic carbocycles. The van der Waals surface area contributed by atoms with Gasteiger partial charge in [0.15, 0.2) is 5.76 Å². The lowest BCUT2D eigenvalue weighted by Gasteiger charge is -2.44. The summed E-state index contributed by atoms with van der Waals surface area (Å²) in [5.74, 6) is 0.344. The Balaban J connectivity index is 1.26. The number of aromatic nitrogens is 1. The summed E-state index contributed by atoms with van der Waals surface area (Å²) < 4.78 is 5.88. The molecule has 0 spiro atoms. The van der Waals surface area contributed by atoms with Gasteiger partial charge in [-0.3, -0.25) is 14.7 Å². The van der Waals surface area contributed by atoms with Gasteiger partial charge in [-0.2, -0.15) is 0 Å². The fraction of sp³-hybridized carbons (Fsp3) is 0.462. The van der Waals surface area contributed by atoms with Crippen LogP contribution in [0.1, 0.15) is 59.8 Å². The van der Waals surface area contributed by atoms with E-state index < -0.39 is 5.60 Å². The topological polar surface area (TPSA) is 69.8 Å². The molecule has 2 aliphatic rings. The first-order chi connectivity index (χ1) is 15.5. The Morgan fingerprint density at radius 3 is 2.72 bits per heavy atom.